The lowest BCUT2D eigenvalue weighted by atomic mass is 9.95. The zero-order valence-electron chi connectivity index (χ0n) is 15.4. The zero-order valence-corrected chi connectivity index (χ0v) is 16.2. The highest BCUT2D eigenvalue weighted by atomic mass is 32.2. The molecule has 2 aromatic rings. The Kier molecular flexibility index (Phi) is 6.06. The molecular weight excluding hydrogens is 334 g/mol. The van der Waals surface area contributed by atoms with Crippen molar-refractivity contribution in [2.24, 2.45) is 5.41 Å². The maximum atomic E-state index is 12.6. The molecule has 0 saturated carbocycles. The Morgan fingerprint density at radius 2 is 1.88 bits per heavy atom. The van der Waals surface area contributed by atoms with Crippen LogP contribution in [-0.2, 0) is 11.3 Å². The molecule has 25 heavy (non-hydrogen) atoms. The number of Topliss-reactive ketones (excluding diaryl/α,β-unsaturated/α-hetero) is 1. The molecule has 0 fully saturated rings. The number of carbonyl (C=O) groups excluding carboxylic acids is 2. The van der Waals surface area contributed by atoms with E-state index in [4.69, 9.17) is 0 Å². The predicted molar refractivity (Wildman–Crippen MR) is 102 cm³/mol. The number of aryl methyl sites for hydroxylation is 1. The highest BCUT2D eigenvalue weighted by Gasteiger charge is 2.22. The minimum Gasteiger partial charge on any atom is -0.326 e. The van der Waals surface area contributed by atoms with Gasteiger partial charge in [0.05, 0.1) is 5.25 Å². The zero-order chi connectivity index (χ0) is 18.6. The number of anilines is 1. The normalized spacial score (nSPS) is 12.7. The number of rotatable bonds is 6. The Labute approximate surface area is 153 Å². The summed E-state index contributed by atoms with van der Waals surface area (Å²) in [6, 6.07) is 7.04. The molecule has 1 aromatic heterocycles. The Hall–Kier alpha value is -2.08. The van der Waals surface area contributed by atoms with Crippen molar-refractivity contribution < 1.29 is 9.59 Å². The SMILES string of the molecule is CCn1ccnc1SC(C)C(=O)c1ccc(NC(=O)C(C)(C)C)cc1. The van der Waals surface area contributed by atoms with Crippen LogP contribution in [0.2, 0.25) is 0 Å². The predicted octanol–water partition coefficient (Wildman–Crippen LogP) is 4.25. The topological polar surface area (TPSA) is 64.0 Å². The average molecular weight is 359 g/mol. The molecule has 1 aromatic carbocycles. The van der Waals surface area contributed by atoms with Gasteiger partial charge in [-0.3, -0.25) is 9.59 Å². The van der Waals surface area contributed by atoms with Gasteiger partial charge in [-0.1, -0.05) is 32.5 Å². The standard InChI is InChI=1S/C19H25N3O2S/c1-6-22-12-11-20-18(22)25-13(2)16(23)14-7-9-15(10-8-14)21-17(24)19(3,4)5/h7-13H,6H2,1-5H3,(H,21,24). The minimum atomic E-state index is -0.458. The molecule has 5 nitrogen and oxygen atoms in total. The van der Waals surface area contributed by atoms with Crippen LogP contribution in [0, 0.1) is 5.41 Å². The molecular formula is C19H25N3O2S. The average Bonchev–Trinajstić information content (AvgIpc) is 3.01. The van der Waals surface area contributed by atoms with Crippen LogP contribution in [0.5, 0.6) is 0 Å². The lowest BCUT2D eigenvalue weighted by Gasteiger charge is -2.18. The van der Waals surface area contributed by atoms with E-state index in [-0.39, 0.29) is 16.9 Å². The number of aromatic nitrogens is 2. The van der Waals surface area contributed by atoms with Gasteiger partial charge in [0.1, 0.15) is 0 Å². The third-order valence-corrected chi connectivity index (χ3v) is 4.90. The van der Waals surface area contributed by atoms with Crippen molar-refractivity contribution in [2.45, 2.75) is 51.6 Å². The number of nitrogens with zero attached hydrogens (tertiary/aromatic N) is 2. The van der Waals surface area contributed by atoms with Gasteiger partial charge in [-0.05, 0) is 38.1 Å². The largest absolute Gasteiger partial charge is 0.326 e. The molecule has 0 bridgehead atoms. The van der Waals surface area contributed by atoms with Crippen molar-refractivity contribution in [3.63, 3.8) is 0 Å². The van der Waals surface area contributed by atoms with Crippen LogP contribution in [0.25, 0.3) is 0 Å². The second-order valence-electron chi connectivity index (χ2n) is 6.90. The van der Waals surface area contributed by atoms with E-state index in [1.54, 1.807) is 30.5 Å². The summed E-state index contributed by atoms with van der Waals surface area (Å²) in [5.41, 5.74) is 0.863. The molecule has 0 spiro atoms. The summed E-state index contributed by atoms with van der Waals surface area (Å²) >= 11 is 1.46. The molecule has 0 radical (unpaired) electrons. The first kappa shape index (κ1) is 19.2. The van der Waals surface area contributed by atoms with Crippen molar-refractivity contribution >= 4 is 29.1 Å². The lowest BCUT2D eigenvalue weighted by molar-refractivity contribution is -0.123. The van der Waals surface area contributed by atoms with Crippen LogP contribution in [0.1, 0.15) is 45.0 Å². The fourth-order valence-electron chi connectivity index (χ4n) is 2.14. The highest BCUT2D eigenvalue weighted by molar-refractivity contribution is 8.00. The van der Waals surface area contributed by atoms with Crippen LogP contribution >= 0.6 is 11.8 Å². The summed E-state index contributed by atoms with van der Waals surface area (Å²) in [6.45, 7) is 10.3. The molecule has 2 rings (SSSR count). The summed E-state index contributed by atoms with van der Waals surface area (Å²) in [6.07, 6.45) is 3.65. The molecule has 0 aliphatic carbocycles. The quantitative estimate of drug-likeness (QED) is 0.618. The van der Waals surface area contributed by atoms with Crippen molar-refractivity contribution in [1.82, 2.24) is 9.55 Å². The molecule has 1 amide bonds. The van der Waals surface area contributed by atoms with Crippen LogP contribution in [0.4, 0.5) is 5.69 Å². The molecule has 134 valence electrons. The number of amides is 1. The number of carbonyl (C=O) groups is 2. The van der Waals surface area contributed by atoms with E-state index in [1.165, 1.54) is 11.8 Å². The van der Waals surface area contributed by atoms with Crippen molar-refractivity contribution in [1.29, 1.82) is 0 Å². The maximum absolute atomic E-state index is 12.6. The van der Waals surface area contributed by atoms with Crippen LogP contribution in [0.15, 0.2) is 41.8 Å². The van der Waals surface area contributed by atoms with E-state index in [9.17, 15) is 9.59 Å². The molecule has 0 aliphatic rings. The van der Waals surface area contributed by atoms with E-state index in [0.717, 1.165) is 11.7 Å². The van der Waals surface area contributed by atoms with Gasteiger partial charge >= 0.3 is 0 Å². The molecule has 1 unspecified atom stereocenters. The molecule has 0 saturated heterocycles. The number of hydrogen-bond acceptors (Lipinski definition) is 4. The molecule has 1 heterocycles. The number of thioether (sulfide) groups is 1. The first-order valence-electron chi connectivity index (χ1n) is 8.36. The number of ketones is 1. The first-order valence-corrected chi connectivity index (χ1v) is 9.24. The van der Waals surface area contributed by atoms with E-state index >= 15 is 0 Å². The van der Waals surface area contributed by atoms with Gasteiger partial charge in [-0.2, -0.15) is 0 Å². The fourth-order valence-corrected chi connectivity index (χ4v) is 3.14. The summed E-state index contributed by atoms with van der Waals surface area (Å²) in [7, 11) is 0. The third-order valence-electron chi connectivity index (χ3n) is 3.78. The van der Waals surface area contributed by atoms with Crippen molar-refractivity contribution in [3.8, 4) is 0 Å². The number of nitrogens with one attached hydrogen (secondary N) is 1. The fraction of sp³-hybridized carbons (Fsp3) is 0.421. The smallest absolute Gasteiger partial charge is 0.229 e. The van der Waals surface area contributed by atoms with Gasteiger partial charge < -0.3 is 9.88 Å². The molecule has 1 atom stereocenters. The number of hydrogen-bond donors (Lipinski definition) is 1. The van der Waals surface area contributed by atoms with E-state index in [2.05, 4.69) is 10.3 Å². The van der Waals surface area contributed by atoms with E-state index in [1.807, 2.05) is 45.4 Å². The summed E-state index contributed by atoms with van der Waals surface area (Å²) in [5.74, 6) is -0.00810. The van der Waals surface area contributed by atoms with Crippen molar-refractivity contribution in [2.75, 3.05) is 5.32 Å². The second-order valence-corrected chi connectivity index (χ2v) is 8.21. The third kappa shape index (κ3) is 4.95. The Balaban J connectivity index is 2.03. The molecule has 0 aliphatic heterocycles. The monoisotopic (exact) mass is 359 g/mol. The molecule has 1 N–H and O–H groups in total. The summed E-state index contributed by atoms with van der Waals surface area (Å²) in [5, 5.41) is 3.47. The van der Waals surface area contributed by atoms with Crippen LogP contribution in [-0.4, -0.2) is 26.5 Å². The molecule has 6 heteroatoms. The van der Waals surface area contributed by atoms with Gasteiger partial charge in [0, 0.05) is 35.6 Å². The van der Waals surface area contributed by atoms with Gasteiger partial charge in [0.25, 0.3) is 0 Å². The maximum Gasteiger partial charge on any atom is 0.229 e. The van der Waals surface area contributed by atoms with Gasteiger partial charge in [0.15, 0.2) is 10.9 Å². The van der Waals surface area contributed by atoms with Crippen LogP contribution in [0.3, 0.4) is 0 Å². The summed E-state index contributed by atoms with van der Waals surface area (Å²) in [4.78, 5) is 28.9. The Morgan fingerprint density at radius 1 is 1.24 bits per heavy atom. The van der Waals surface area contributed by atoms with E-state index in [0.29, 0.717) is 11.3 Å². The van der Waals surface area contributed by atoms with E-state index < -0.39 is 5.41 Å². The summed E-state index contributed by atoms with van der Waals surface area (Å²) < 4.78 is 2.01. The first-order chi connectivity index (χ1) is 11.7. The van der Waals surface area contributed by atoms with Gasteiger partial charge in [0.2, 0.25) is 5.91 Å². The van der Waals surface area contributed by atoms with Crippen molar-refractivity contribution in [3.05, 3.63) is 42.2 Å². The Bertz CT molecular complexity index is 745. The highest BCUT2D eigenvalue weighted by Crippen LogP contribution is 2.25. The van der Waals surface area contributed by atoms with Gasteiger partial charge in [-0.25, -0.2) is 4.98 Å². The minimum absolute atomic E-state index is 0.0457. The lowest BCUT2D eigenvalue weighted by Crippen LogP contribution is -2.27. The number of imidazole rings is 1. The van der Waals surface area contributed by atoms with Gasteiger partial charge in [-0.15, -0.1) is 0 Å². The number of benzene rings is 1. The Morgan fingerprint density at radius 3 is 2.44 bits per heavy atom. The second kappa shape index (κ2) is 7.87. The van der Waals surface area contributed by atoms with Crippen LogP contribution < -0.4 is 5.32 Å².